The molecule has 0 spiro atoms. The predicted octanol–water partition coefficient (Wildman–Crippen LogP) is 4.93. The molecule has 3 aromatic heterocycles. The fourth-order valence-corrected chi connectivity index (χ4v) is 5.40. The molecule has 1 saturated heterocycles. The third kappa shape index (κ3) is 3.51. The summed E-state index contributed by atoms with van der Waals surface area (Å²) in [5.74, 6) is 1.17. The lowest BCUT2D eigenvalue weighted by Crippen LogP contribution is -2.31. The highest BCUT2D eigenvalue weighted by Crippen LogP contribution is 2.38. The van der Waals surface area contributed by atoms with Crippen LogP contribution in [0, 0.1) is 6.92 Å². The third-order valence-electron chi connectivity index (χ3n) is 6.61. The number of benzene rings is 2. The maximum absolute atomic E-state index is 13.9. The summed E-state index contributed by atoms with van der Waals surface area (Å²) in [6.07, 6.45) is 3.31. The molecule has 8 heteroatoms. The van der Waals surface area contributed by atoms with Crippen LogP contribution in [0.25, 0.3) is 27.5 Å². The van der Waals surface area contributed by atoms with Gasteiger partial charge in [0.2, 0.25) is 0 Å². The first-order chi connectivity index (χ1) is 17.0. The number of hydrogen-bond donors (Lipinski definition) is 1. The molecule has 1 aliphatic rings. The Hall–Kier alpha value is -3.97. The van der Waals surface area contributed by atoms with Crippen molar-refractivity contribution in [3.8, 4) is 5.69 Å². The molecule has 1 aliphatic heterocycles. The lowest BCUT2D eigenvalue weighted by atomic mass is 10.0. The second-order valence-electron chi connectivity index (χ2n) is 8.76. The zero-order chi connectivity index (χ0) is 24.1. The van der Waals surface area contributed by atoms with Gasteiger partial charge in [0.05, 0.1) is 16.5 Å². The van der Waals surface area contributed by atoms with Gasteiger partial charge in [0.1, 0.15) is 22.7 Å². The van der Waals surface area contributed by atoms with Crippen molar-refractivity contribution in [2.75, 3.05) is 11.4 Å². The minimum absolute atomic E-state index is 0.134. The van der Waals surface area contributed by atoms with Crippen molar-refractivity contribution in [3.05, 3.63) is 104 Å². The van der Waals surface area contributed by atoms with Gasteiger partial charge in [-0.3, -0.25) is 14.2 Å². The largest absolute Gasteiger partial charge is 0.347 e. The van der Waals surface area contributed by atoms with Gasteiger partial charge in [-0.15, -0.1) is 0 Å². The number of nitrogens with zero attached hydrogens (tertiary/aromatic N) is 4. The highest BCUT2D eigenvalue weighted by molar-refractivity contribution is 6.35. The Kier molecular flexibility index (Phi) is 5.15. The van der Waals surface area contributed by atoms with Gasteiger partial charge in [-0.25, -0.2) is 9.97 Å². The van der Waals surface area contributed by atoms with Crippen LogP contribution in [-0.4, -0.2) is 26.1 Å². The van der Waals surface area contributed by atoms with Crippen molar-refractivity contribution >= 4 is 39.2 Å². The summed E-state index contributed by atoms with van der Waals surface area (Å²) in [5, 5.41) is 2.17. The number of aryl methyl sites for hydroxylation is 1. The number of halogens is 1. The number of aromatic nitrogens is 4. The maximum atomic E-state index is 13.9. The number of para-hydroxylation sites is 1. The van der Waals surface area contributed by atoms with Crippen LogP contribution in [0.4, 0.5) is 5.82 Å². The summed E-state index contributed by atoms with van der Waals surface area (Å²) in [4.78, 5) is 41.1. The summed E-state index contributed by atoms with van der Waals surface area (Å²) >= 11 is 6.48. The van der Waals surface area contributed by atoms with E-state index in [1.54, 1.807) is 16.8 Å². The smallest absolute Gasteiger partial charge is 0.264 e. The Labute approximate surface area is 205 Å². The fourth-order valence-electron chi connectivity index (χ4n) is 5.13. The topological polar surface area (TPSA) is 83.9 Å². The molecule has 1 atom stereocenters. The van der Waals surface area contributed by atoms with Crippen LogP contribution >= 0.6 is 11.6 Å². The monoisotopic (exact) mass is 483 g/mol. The zero-order valence-corrected chi connectivity index (χ0v) is 19.8. The Morgan fingerprint density at radius 3 is 2.66 bits per heavy atom. The molecule has 0 bridgehead atoms. The molecule has 0 aliphatic carbocycles. The van der Waals surface area contributed by atoms with Crippen molar-refractivity contribution < 1.29 is 0 Å². The SMILES string of the molecule is Cc1nc(N2CCCC2c2cc3cccc(Cl)c3c(=O)n2-c2ccccc2)c2c(=O)cc[nH]c2n1. The van der Waals surface area contributed by atoms with E-state index in [9.17, 15) is 9.59 Å². The van der Waals surface area contributed by atoms with E-state index in [0.29, 0.717) is 39.6 Å². The van der Waals surface area contributed by atoms with Crippen LogP contribution in [0.3, 0.4) is 0 Å². The summed E-state index contributed by atoms with van der Waals surface area (Å²) in [7, 11) is 0. The Morgan fingerprint density at radius 1 is 1.00 bits per heavy atom. The van der Waals surface area contributed by atoms with E-state index in [-0.39, 0.29) is 17.0 Å². The van der Waals surface area contributed by atoms with Gasteiger partial charge >= 0.3 is 0 Å². The number of aromatic amines is 1. The normalized spacial score (nSPS) is 15.8. The van der Waals surface area contributed by atoms with Crippen molar-refractivity contribution in [1.29, 1.82) is 0 Å². The number of hydrogen-bond acceptors (Lipinski definition) is 5. The van der Waals surface area contributed by atoms with Gasteiger partial charge in [0.15, 0.2) is 5.43 Å². The molecule has 5 aromatic rings. The first-order valence-corrected chi connectivity index (χ1v) is 11.9. The van der Waals surface area contributed by atoms with E-state index in [0.717, 1.165) is 29.6 Å². The summed E-state index contributed by atoms with van der Waals surface area (Å²) in [6.45, 7) is 2.53. The van der Waals surface area contributed by atoms with Gasteiger partial charge in [-0.1, -0.05) is 41.9 Å². The van der Waals surface area contributed by atoms with Crippen LogP contribution in [0.5, 0.6) is 0 Å². The summed E-state index contributed by atoms with van der Waals surface area (Å²) in [5.41, 5.74) is 1.82. The summed E-state index contributed by atoms with van der Waals surface area (Å²) in [6, 6.07) is 18.5. The quantitative estimate of drug-likeness (QED) is 0.393. The van der Waals surface area contributed by atoms with Crippen LogP contribution in [0.1, 0.15) is 30.4 Å². The van der Waals surface area contributed by atoms with Crippen LogP contribution < -0.4 is 15.9 Å². The molecule has 174 valence electrons. The van der Waals surface area contributed by atoms with E-state index in [1.165, 1.54) is 6.07 Å². The van der Waals surface area contributed by atoms with E-state index >= 15 is 0 Å². The lowest BCUT2D eigenvalue weighted by molar-refractivity contribution is 0.661. The molecule has 1 N–H and O–H groups in total. The average Bonchev–Trinajstić information content (AvgIpc) is 3.33. The number of anilines is 1. The lowest BCUT2D eigenvalue weighted by Gasteiger charge is -2.29. The molecule has 1 fully saturated rings. The first-order valence-electron chi connectivity index (χ1n) is 11.6. The minimum Gasteiger partial charge on any atom is -0.347 e. The average molecular weight is 484 g/mol. The van der Waals surface area contributed by atoms with Crippen molar-refractivity contribution in [2.45, 2.75) is 25.8 Å². The van der Waals surface area contributed by atoms with Crippen LogP contribution in [-0.2, 0) is 0 Å². The van der Waals surface area contributed by atoms with Gasteiger partial charge in [0.25, 0.3) is 5.56 Å². The number of rotatable bonds is 3. The Bertz CT molecular complexity index is 1710. The first kappa shape index (κ1) is 21.6. The number of fused-ring (bicyclic) bond motifs is 2. The fraction of sp³-hybridized carbons (Fsp3) is 0.185. The minimum atomic E-state index is -0.164. The van der Waals surface area contributed by atoms with Crippen LogP contribution in [0.2, 0.25) is 5.02 Å². The molecule has 4 heterocycles. The van der Waals surface area contributed by atoms with Gasteiger partial charge in [0, 0.05) is 30.2 Å². The van der Waals surface area contributed by atoms with E-state index in [1.807, 2.05) is 55.5 Å². The predicted molar refractivity (Wildman–Crippen MR) is 139 cm³/mol. The Morgan fingerprint density at radius 2 is 1.83 bits per heavy atom. The molecule has 35 heavy (non-hydrogen) atoms. The molecule has 7 nitrogen and oxygen atoms in total. The van der Waals surface area contributed by atoms with E-state index < -0.39 is 0 Å². The van der Waals surface area contributed by atoms with E-state index in [4.69, 9.17) is 16.6 Å². The maximum Gasteiger partial charge on any atom is 0.264 e. The number of pyridine rings is 2. The van der Waals surface area contributed by atoms with E-state index in [2.05, 4.69) is 14.9 Å². The van der Waals surface area contributed by atoms with Gasteiger partial charge in [-0.05, 0) is 49.4 Å². The molecule has 2 aromatic carbocycles. The standard InChI is InChI=1S/C27H22ClN5O2/c1-16-30-25-24(22(34)12-13-29-25)26(31-16)32-14-6-11-20(32)21-15-17-7-5-10-19(28)23(17)27(35)33(21)18-8-3-2-4-9-18/h2-5,7-10,12-13,15,20H,6,11,14H2,1H3,(H,29,30,31,34). The van der Waals surface area contributed by atoms with Crippen LogP contribution in [0.15, 0.2) is 76.4 Å². The third-order valence-corrected chi connectivity index (χ3v) is 6.92. The molecular formula is C27H22ClN5O2. The van der Waals surface area contributed by atoms with Gasteiger partial charge < -0.3 is 9.88 Å². The second-order valence-corrected chi connectivity index (χ2v) is 9.17. The number of nitrogens with one attached hydrogen (secondary N) is 1. The Balaban J connectivity index is 1.64. The number of H-pyrrole nitrogens is 1. The molecule has 0 radical (unpaired) electrons. The van der Waals surface area contributed by atoms with Crippen molar-refractivity contribution in [2.24, 2.45) is 0 Å². The molecule has 1 unspecified atom stereocenters. The molecule has 6 rings (SSSR count). The molecule has 0 amide bonds. The molecule has 0 saturated carbocycles. The molecular weight excluding hydrogens is 462 g/mol. The second kappa shape index (κ2) is 8.36. The van der Waals surface area contributed by atoms with Gasteiger partial charge in [-0.2, -0.15) is 0 Å². The van der Waals surface area contributed by atoms with Crippen molar-refractivity contribution in [1.82, 2.24) is 19.5 Å². The summed E-state index contributed by atoms with van der Waals surface area (Å²) < 4.78 is 1.75. The zero-order valence-electron chi connectivity index (χ0n) is 19.0. The highest BCUT2D eigenvalue weighted by Gasteiger charge is 2.32. The highest BCUT2D eigenvalue weighted by atomic mass is 35.5. The van der Waals surface area contributed by atoms with Crippen molar-refractivity contribution in [3.63, 3.8) is 0 Å².